The van der Waals surface area contributed by atoms with E-state index in [1.807, 2.05) is 0 Å². The van der Waals surface area contributed by atoms with Gasteiger partial charge in [-0.15, -0.1) is 0 Å². The second-order valence-corrected chi connectivity index (χ2v) is 10.4. The molecular formula is C18H35N3O3S. The summed E-state index contributed by atoms with van der Waals surface area (Å²) in [6.07, 6.45) is 2.53. The third-order valence-electron chi connectivity index (χ3n) is 5.45. The molecule has 0 bridgehead atoms. The largest absolute Gasteiger partial charge is 0.352 e. The molecular weight excluding hydrogens is 338 g/mol. The van der Waals surface area contributed by atoms with Gasteiger partial charge in [-0.2, -0.15) is 0 Å². The van der Waals surface area contributed by atoms with Crippen LogP contribution in [0.1, 0.15) is 47.0 Å². The Balaban J connectivity index is 1.76. The van der Waals surface area contributed by atoms with Crippen molar-refractivity contribution in [3.63, 3.8) is 0 Å². The van der Waals surface area contributed by atoms with Gasteiger partial charge in [-0.3, -0.25) is 4.79 Å². The average molecular weight is 374 g/mol. The van der Waals surface area contributed by atoms with Crippen LogP contribution in [0, 0.1) is 17.8 Å². The first-order chi connectivity index (χ1) is 11.7. The molecule has 1 N–H and O–H groups in total. The van der Waals surface area contributed by atoms with Gasteiger partial charge in [-0.25, -0.2) is 12.7 Å². The highest BCUT2D eigenvalue weighted by Gasteiger charge is 2.31. The Hall–Kier alpha value is -0.660. The molecule has 2 rings (SSSR count). The van der Waals surface area contributed by atoms with E-state index in [9.17, 15) is 13.2 Å². The van der Waals surface area contributed by atoms with Crippen molar-refractivity contribution in [2.24, 2.45) is 17.8 Å². The minimum atomic E-state index is -3.13. The number of nitrogens with one attached hydrogen (secondary N) is 1. The highest BCUT2D eigenvalue weighted by Crippen LogP contribution is 2.22. The van der Waals surface area contributed by atoms with Crippen molar-refractivity contribution < 1.29 is 13.2 Å². The van der Waals surface area contributed by atoms with Crippen molar-refractivity contribution in [2.75, 3.05) is 38.5 Å². The molecule has 2 saturated heterocycles. The van der Waals surface area contributed by atoms with E-state index in [0.717, 1.165) is 31.5 Å². The van der Waals surface area contributed by atoms with Crippen molar-refractivity contribution in [2.45, 2.75) is 53.0 Å². The second kappa shape index (κ2) is 8.82. The quantitative estimate of drug-likeness (QED) is 0.767. The third-order valence-corrected chi connectivity index (χ3v) is 7.33. The second-order valence-electron chi connectivity index (χ2n) is 8.15. The van der Waals surface area contributed by atoms with E-state index in [-0.39, 0.29) is 23.6 Å². The van der Waals surface area contributed by atoms with Gasteiger partial charge in [0, 0.05) is 44.7 Å². The molecule has 7 heteroatoms. The number of carbonyl (C=O) groups is 1. The van der Waals surface area contributed by atoms with E-state index in [0.29, 0.717) is 25.9 Å². The van der Waals surface area contributed by atoms with Gasteiger partial charge in [0.2, 0.25) is 15.9 Å². The van der Waals surface area contributed by atoms with Crippen molar-refractivity contribution >= 4 is 15.9 Å². The SMILES string of the molecule is CCS(=O)(=O)N1CCC(C(=O)N[C@H](C)CN2C[C@H](C)C[C@H](C)C2)CC1. The predicted molar refractivity (Wildman–Crippen MR) is 101 cm³/mol. The Morgan fingerprint density at radius 1 is 1.16 bits per heavy atom. The number of piperidine rings is 2. The summed E-state index contributed by atoms with van der Waals surface area (Å²) in [5, 5.41) is 3.15. The lowest BCUT2D eigenvalue weighted by Crippen LogP contribution is -2.49. The fourth-order valence-electron chi connectivity index (χ4n) is 4.31. The van der Waals surface area contributed by atoms with Crippen LogP contribution in [0.3, 0.4) is 0 Å². The molecule has 0 aliphatic carbocycles. The summed E-state index contributed by atoms with van der Waals surface area (Å²) in [7, 11) is -3.13. The van der Waals surface area contributed by atoms with Crippen LogP contribution in [-0.2, 0) is 14.8 Å². The molecule has 0 aromatic heterocycles. The van der Waals surface area contributed by atoms with Crippen molar-refractivity contribution in [3.05, 3.63) is 0 Å². The van der Waals surface area contributed by atoms with Gasteiger partial charge in [-0.1, -0.05) is 13.8 Å². The monoisotopic (exact) mass is 373 g/mol. The number of nitrogens with zero attached hydrogens (tertiary/aromatic N) is 2. The maximum atomic E-state index is 12.5. The Labute approximate surface area is 153 Å². The molecule has 6 nitrogen and oxygen atoms in total. The van der Waals surface area contributed by atoms with E-state index >= 15 is 0 Å². The van der Waals surface area contributed by atoms with Gasteiger partial charge in [0.25, 0.3) is 0 Å². The van der Waals surface area contributed by atoms with E-state index in [1.165, 1.54) is 10.7 Å². The van der Waals surface area contributed by atoms with Crippen LogP contribution in [0.4, 0.5) is 0 Å². The Morgan fingerprint density at radius 3 is 2.24 bits per heavy atom. The Kier molecular flexibility index (Phi) is 7.29. The van der Waals surface area contributed by atoms with E-state index in [1.54, 1.807) is 6.92 Å². The number of carbonyl (C=O) groups excluding carboxylic acids is 1. The zero-order chi connectivity index (χ0) is 18.6. The number of sulfonamides is 1. The molecule has 0 unspecified atom stereocenters. The highest BCUT2D eigenvalue weighted by molar-refractivity contribution is 7.89. The standard InChI is InChI=1S/C18H35N3O3S/c1-5-25(23,24)21-8-6-17(7-9-21)18(22)19-16(4)13-20-11-14(2)10-15(3)12-20/h14-17H,5-13H2,1-4H3,(H,19,22)/t14-,15+,16-/m1/s1. The lowest BCUT2D eigenvalue weighted by atomic mass is 9.91. The van der Waals surface area contributed by atoms with E-state index in [4.69, 9.17) is 0 Å². The Morgan fingerprint density at radius 2 is 1.72 bits per heavy atom. The predicted octanol–water partition coefficient (Wildman–Crippen LogP) is 1.53. The summed E-state index contributed by atoms with van der Waals surface area (Å²) in [5.41, 5.74) is 0. The molecule has 2 aliphatic heterocycles. The molecule has 0 spiro atoms. The normalized spacial score (nSPS) is 28.6. The van der Waals surface area contributed by atoms with Crippen molar-refractivity contribution in [1.29, 1.82) is 0 Å². The minimum Gasteiger partial charge on any atom is -0.352 e. The van der Waals surface area contributed by atoms with Gasteiger partial charge >= 0.3 is 0 Å². The highest BCUT2D eigenvalue weighted by atomic mass is 32.2. The van der Waals surface area contributed by atoms with Crippen LogP contribution in [0.25, 0.3) is 0 Å². The molecule has 0 aromatic carbocycles. The number of likely N-dealkylation sites (tertiary alicyclic amines) is 1. The maximum absolute atomic E-state index is 12.5. The molecule has 0 aromatic rings. The fourth-order valence-corrected chi connectivity index (χ4v) is 5.45. The third kappa shape index (κ3) is 5.93. The van der Waals surface area contributed by atoms with Crippen molar-refractivity contribution in [3.8, 4) is 0 Å². The molecule has 2 aliphatic rings. The smallest absolute Gasteiger partial charge is 0.223 e. The first-order valence-electron chi connectivity index (χ1n) is 9.71. The molecule has 2 heterocycles. The summed E-state index contributed by atoms with van der Waals surface area (Å²) in [6, 6.07) is 0.127. The molecule has 3 atom stereocenters. The van der Waals surface area contributed by atoms with E-state index in [2.05, 4.69) is 31.0 Å². The van der Waals surface area contributed by atoms with Crippen LogP contribution in [0.15, 0.2) is 0 Å². The number of amides is 1. The van der Waals surface area contributed by atoms with Gasteiger partial charge in [0.05, 0.1) is 5.75 Å². The first kappa shape index (κ1) is 20.6. The van der Waals surface area contributed by atoms with Crippen LogP contribution in [0.5, 0.6) is 0 Å². The van der Waals surface area contributed by atoms with Gasteiger partial charge < -0.3 is 10.2 Å². The fraction of sp³-hybridized carbons (Fsp3) is 0.944. The zero-order valence-corrected chi connectivity index (χ0v) is 17.0. The van der Waals surface area contributed by atoms with Crippen LogP contribution < -0.4 is 5.32 Å². The minimum absolute atomic E-state index is 0.0649. The molecule has 1 amide bonds. The Bertz CT molecular complexity index is 534. The van der Waals surface area contributed by atoms with Crippen molar-refractivity contribution in [1.82, 2.24) is 14.5 Å². The first-order valence-corrected chi connectivity index (χ1v) is 11.3. The summed E-state index contributed by atoms with van der Waals surface area (Å²) in [4.78, 5) is 15.0. The lowest BCUT2D eigenvalue weighted by molar-refractivity contribution is -0.126. The number of rotatable bonds is 6. The molecule has 25 heavy (non-hydrogen) atoms. The van der Waals surface area contributed by atoms with Gasteiger partial charge in [-0.05, 0) is 44.9 Å². The summed E-state index contributed by atoms with van der Waals surface area (Å²) in [5.74, 6) is 1.59. The molecule has 2 fully saturated rings. The molecule has 146 valence electrons. The zero-order valence-electron chi connectivity index (χ0n) is 16.2. The number of hydrogen-bond donors (Lipinski definition) is 1. The number of hydrogen-bond acceptors (Lipinski definition) is 4. The van der Waals surface area contributed by atoms with Crippen LogP contribution in [-0.4, -0.2) is 68.0 Å². The van der Waals surface area contributed by atoms with Crippen LogP contribution in [0.2, 0.25) is 0 Å². The molecule has 0 saturated carbocycles. The summed E-state index contributed by atoms with van der Waals surface area (Å²) < 4.78 is 25.3. The summed E-state index contributed by atoms with van der Waals surface area (Å²) >= 11 is 0. The van der Waals surface area contributed by atoms with Gasteiger partial charge in [0.15, 0.2) is 0 Å². The summed E-state index contributed by atoms with van der Waals surface area (Å²) in [6.45, 7) is 12.4. The van der Waals surface area contributed by atoms with Gasteiger partial charge in [0.1, 0.15) is 0 Å². The topological polar surface area (TPSA) is 69.7 Å². The maximum Gasteiger partial charge on any atom is 0.223 e. The average Bonchev–Trinajstić information content (AvgIpc) is 2.53. The lowest BCUT2D eigenvalue weighted by Gasteiger charge is -2.37. The van der Waals surface area contributed by atoms with E-state index < -0.39 is 10.0 Å². The van der Waals surface area contributed by atoms with Crippen LogP contribution >= 0.6 is 0 Å². The molecule has 0 radical (unpaired) electrons.